The lowest BCUT2D eigenvalue weighted by Gasteiger charge is -2.17. The SMILES string of the molecule is CC(C)(C#N)c1cc(C#N)cc(Cn2ccnc2)c1. The van der Waals surface area contributed by atoms with Crippen molar-refractivity contribution in [1.82, 2.24) is 9.55 Å². The van der Waals surface area contributed by atoms with E-state index in [1.165, 1.54) is 0 Å². The highest BCUT2D eigenvalue weighted by atomic mass is 15.0. The van der Waals surface area contributed by atoms with E-state index in [0.717, 1.165) is 11.1 Å². The van der Waals surface area contributed by atoms with Crippen molar-refractivity contribution in [3.05, 3.63) is 53.6 Å². The Labute approximate surface area is 112 Å². The van der Waals surface area contributed by atoms with E-state index in [1.807, 2.05) is 36.7 Å². The zero-order valence-corrected chi connectivity index (χ0v) is 11.0. The zero-order valence-electron chi connectivity index (χ0n) is 11.0. The van der Waals surface area contributed by atoms with Crippen molar-refractivity contribution in [2.24, 2.45) is 0 Å². The fraction of sp³-hybridized carbons (Fsp3) is 0.267. The minimum absolute atomic E-state index is 0.580. The molecule has 0 aliphatic heterocycles. The monoisotopic (exact) mass is 250 g/mol. The lowest BCUT2D eigenvalue weighted by Crippen LogP contribution is -2.15. The summed E-state index contributed by atoms with van der Waals surface area (Å²) in [5, 5.41) is 18.3. The van der Waals surface area contributed by atoms with Crippen LogP contribution in [-0.4, -0.2) is 9.55 Å². The maximum Gasteiger partial charge on any atom is 0.0991 e. The molecule has 1 aromatic carbocycles. The van der Waals surface area contributed by atoms with E-state index in [2.05, 4.69) is 17.1 Å². The molecule has 0 N–H and O–H groups in total. The molecule has 0 saturated carbocycles. The van der Waals surface area contributed by atoms with Crippen LogP contribution in [0, 0.1) is 22.7 Å². The summed E-state index contributed by atoms with van der Waals surface area (Å²) in [6.07, 6.45) is 5.32. The molecule has 0 bridgehead atoms. The molecule has 0 aliphatic rings. The van der Waals surface area contributed by atoms with Gasteiger partial charge in [-0.2, -0.15) is 10.5 Å². The number of nitrogens with zero attached hydrogens (tertiary/aromatic N) is 4. The molecule has 19 heavy (non-hydrogen) atoms. The quantitative estimate of drug-likeness (QED) is 0.841. The summed E-state index contributed by atoms with van der Waals surface area (Å²) in [5.41, 5.74) is 1.84. The number of nitriles is 2. The van der Waals surface area contributed by atoms with Crippen LogP contribution in [-0.2, 0) is 12.0 Å². The van der Waals surface area contributed by atoms with E-state index in [-0.39, 0.29) is 0 Å². The Bertz CT molecular complexity index is 654. The molecule has 2 rings (SSSR count). The number of imidazole rings is 1. The molecular formula is C15H14N4. The molecule has 4 nitrogen and oxygen atoms in total. The van der Waals surface area contributed by atoms with Crippen molar-refractivity contribution < 1.29 is 0 Å². The number of aromatic nitrogens is 2. The fourth-order valence-electron chi connectivity index (χ4n) is 1.86. The van der Waals surface area contributed by atoms with Gasteiger partial charge in [0, 0.05) is 18.9 Å². The number of hydrogen-bond acceptors (Lipinski definition) is 3. The van der Waals surface area contributed by atoms with Crippen LogP contribution < -0.4 is 0 Å². The summed E-state index contributed by atoms with van der Waals surface area (Å²) < 4.78 is 1.93. The average molecular weight is 250 g/mol. The Morgan fingerprint density at radius 3 is 2.63 bits per heavy atom. The molecule has 2 aromatic rings. The molecule has 1 aromatic heterocycles. The van der Waals surface area contributed by atoms with Gasteiger partial charge in [0.25, 0.3) is 0 Å². The summed E-state index contributed by atoms with van der Waals surface area (Å²) in [6.45, 7) is 4.35. The Kier molecular flexibility index (Phi) is 3.35. The Morgan fingerprint density at radius 2 is 2.05 bits per heavy atom. The van der Waals surface area contributed by atoms with Gasteiger partial charge in [-0.1, -0.05) is 6.07 Å². The predicted octanol–water partition coefficient (Wildman–Crippen LogP) is 2.60. The molecular weight excluding hydrogens is 236 g/mol. The van der Waals surface area contributed by atoms with Gasteiger partial charge in [-0.3, -0.25) is 0 Å². The van der Waals surface area contributed by atoms with Crippen LogP contribution in [0.2, 0.25) is 0 Å². The molecule has 0 saturated heterocycles. The summed E-state index contributed by atoms with van der Waals surface area (Å²) in [6, 6.07) is 10.0. The average Bonchev–Trinajstić information content (AvgIpc) is 2.91. The molecule has 0 aliphatic carbocycles. The first kappa shape index (κ1) is 12.9. The van der Waals surface area contributed by atoms with Crippen molar-refractivity contribution in [3.8, 4) is 12.1 Å². The third-order valence-electron chi connectivity index (χ3n) is 3.05. The van der Waals surface area contributed by atoms with E-state index < -0.39 is 5.41 Å². The highest BCUT2D eigenvalue weighted by Gasteiger charge is 2.20. The van der Waals surface area contributed by atoms with Gasteiger partial charge < -0.3 is 4.57 Å². The van der Waals surface area contributed by atoms with E-state index in [9.17, 15) is 5.26 Å². The lowest BCUT2D eigenvalue weighted by molar-refractivity contribution is 0.682. The Morgan fingerprint density at radius 1 is 1.26 bits per heavy atom. The Hall–Kier alpha value is -2.59. The zero-order chi connectivity index (χ0) is 13.9. The van der Waals surface area contributed by atoms with Gasteiger partial charge in [0.15, 0.2) is 0 Å². The van der Waals surface area contributed by atoms with E-state index in [0.29, 0.717) is 12.1 Å². The summed E-state index contributed by atoms with van der Waals surface area (Å²) in [4.78, 5) is 3.99. The molecule has 0 atom stereocenters. The van der Waals surface area contributed by atoms with Gasteiger partial charge in [-0.15, -0.1) is 0 Å². The maximum absolute atomic E-state index is 9.21. The number of hydrogen-bond donors (Lipinski definition) is 0. The molecule has 0 radical (unpaired) electrons. The van der Waals surface area contributed by atoms with Gasteiger partial charge in [0.2, 0.25) is 0 Å². The number of benzene rings is 1. The summed E-state index contributed by atoms with van der Waals surface area (Å²) >= 11 is 0. The lowest BCUT2D eigenvalue weighted by atomic mass is 9.84. The molecule has 0 unspecified atom stereocenters. The normalized spacial score (nSPS) is 10.7. The van der Waals surface area contributed by atoms with Crippen molar-refractivity contribution in [3.63, 3.8) is 0 Å². The second kappa shape index (κ2) is 4.96. The van der Waals surface area contributed by atoms with Crippen LogP contribution in [0.3, 0.4) is 0 Å². The summed E-state index contributed by atoms with van der Waals surface area (Å²) in [5.74, 6) is 0. The highest BCUT2D eigenvalue weighted by Crippen LogP contribution is 2.24. The van der Waals surface area contributed by atoms with Crippen molar-refractivity contribution in [2.75, 3.05) is 0 Å². The molecule has 0 fully saturated rings. The van der Waals surface area contributed by atoms with Crippen LogP contribution in [0.5, 0.6) is 0 Å². The largest absolute Gasteiger partial charge is 0.333 e. The van der Waals surface area contributed by atoms with Gasteiger partial charge in [0.1, 0.15) is 0 Å². The summed E-state index contributed by atoms with van der Waals surface area (Å²) in [7, 11) is 0. The van der Waals surface area contributed by atoms with Crippen LogP contribution in [0.25, 0.3) is 0 Å². The first-order valence-corrected chi connectivity index (χ1v) is 5.97. The standard InChI is InChI=1S/C15H14N4/c1-15(2,10-17)14-6-12(8-16)5-13(7-14)9-19-4-3-18-11-19/h3-7,11H,9H2,1-2H3. The second-order valence-corrected chi connectivity index (χ2v) is 5.00. The van der Waals surface area contributed by atoms with E-state index in [4.69, 9.17) is 5.26 Å². The Balaban J connectivity index is 2.43. The third kappa shape index (κ3) is 2.81. The number of rotatable bonds is 3. The van der Waals surface area contributed by atoms with Gasteiger partial charge >= 0.3 is 0 Å². The molecule has 1 heterocycles. The first-order valence-electron chi connectivity index (χ1n) is 5.97. The predicted molar refractivity (Wildman–Crippen MR) is 71.1 cm³/mol. The van der Waals surface area contributed by atoms with Crippen molar-refractivity contribution >= 4 is 0 Å². The maximum atomic E-state index is 9.21. The minimum Gasteiger partial charge on any atom is -0.333 e. The third-order valence-corrected chi connectivity index (χ3v) is 3.05. The highest BCUT2D eigenvalue weighted by molar-refractivity contribution is 5.42. The van der Waals surface area contributed by atoms with Gasteiger partial charge in [0.05, 0.1) is 29.4 Å². The van der Waals surface area contributed by atoms with Crippen LogP contribution in [0.4, 0.5) is 0 Å². The van der Waals surface area contributed by atoms with Crippen molar-refractivity contribution in [2.45, 2.75) is 25.8 Å². The fourth-order valence-corrected chi connectivity index (χ4v) is 1.86. The van der Waals surface area contributed by atoms with Crippen LogP contribution >= 0.6 is 0 Å². The topological polar surface area (TPSA) is 65.4 Å². The van der Waals surface area contributed by atoms with Crippen LogP contribution in [0.15, 0.2) is 36.9 Å². The van der Waals surface area contributed by atoms with Gasteiger partial charge in [-0.05, 0) is 37.1 Å². The first-order chi connectivity index (χ1) is 9.05. The second-order valence-electron chi connectivity index (χ2n) is 5.00. The molecule has 4 heteroatoms. The van der Waals surface area contributed by atoms with Crippen LogP contribution in [0.1, 0.15) is 30.5 Å². The van der Waals surface area contributed by atoms with Crippen molar-refractivity contribution in [1.29, 1.82) is 10.5 Å². The van der Waals surface area contributed by atoms with E-state index in [1.54, 1.807) is 18.6 Å². The molecule has 94 valence electrons. The van der Waals surface area contributed by atoms with E-state index >= 15 is 0 Å². The smallest absolute Gasteiger partial charge is 0.0991 e. The minimum atomic E-state index is -0.601. The molecule has 0 spiro atoms. The molecule has 0 amide bonds. The van der Waals surface area contributed by atoms with Gasteiger partial charge in [-0.25, -0.2) is 4.98 Å².